The summed E-state index contributed by atoms with van der Waals surface area (Å²) in [6, 6.07) is 4.92. The fourth-order valence-corrected chi connectivity index (χ4v) is 2.32. The minimum absolute atomic E-state index is 0.0508. The molecular weight excluding hydrogens is 324 g/mol. The predicted molar refractivity (Wildman–Crippen MR) is 80.6 cm³/mol. The van der Waals surface area contributed by atoms with Gasteiger partial charge in [0.15, 0.2) is 0 Å². The van der Waals surface area contributed by atoms with Crippen LogP contribution in [-0.2, 0) is 4.79 Å². The van der Waals surface area contributed by atoms with Gasteiger partial charge in [0.25, 0.3) is 0 Å². The summed E-state index contributed by atoms with van der Waals surface area (Å²) in [5.41, 5.74) is -0.0206. The van der Waals surface area contributed by atoms with Crippen LogP contribution in [0.1, 0.15) is 38.4 Å². The van der Waals surface area contributed by atoms with E-state index in [4.69, 9.17) is 5.11 Å². The number of benzene rings is 1. The molecule has 1 atom stereocenters. The molecule has 1 rings (SSSR count). The molecule has 0 saturated heterocycles. The molecule has 3 N–H and O–H groups in total. The zero-order chi connectivity index (χ0) is 15.3. The Morgan fingerprint density at radius 1 is 1.45 bits per heavy atom. The van der Waals surface area contributed by atoms with Gasteiger partial charge in [0.1, 0.15) is 5.75 Å². The smallest absolute Gasteiger partial charge is 0.327 e. The first-order chi connectivity index (χ1) is 9.24. The highest BCUT2D eigenvalue weighted by atomic mass is 79.9. The lowest BCUT2D eigenvalue weighted by Gasteiger charge is -2.31. The van der Waals surface area contributed by atoms with E-state index in [0.29, 0.717) is 18.4 Å². The molecule has 4 nitrogen and oxygen atoms in total. The molecule has 110 valence electrons. The number of phenolic OH excluding ortho intramolecular Hbond substituents is 1. The van der Waals surface area contributed by atoms with Crippen LogP contribution in [0.5, 0.6) is 5.75 Å². The number of carboxylic acid groups (broad SMARTS) is 1. The maximum Gasteiger partial charge on any atom is 0.327 e. The molecule has 0 radical (unpaired) electrons. The quantitative estimate of drug-likeness (QED) is 0.689. The normalized spacial score (nSPS) is 13.6. The highest BCUT2D eigenvalue weighted by Crippen LogP contribution is 2.41. The van der Waals surface area contributed by atoms with Crippen LogP contribution in [0, 0.1) is 5.41 Å². The number of aliphatic hydroxyl groups is 1. The summed E-state index contributed by atoms with van der Waals surface area (Å²) in [5.74, 6) is -0.928. The molecule has 0 aliphatic rings. The number of aromatic hydroxyl groups is 1. The van der Waals surface area contributed by atoms with Gasteiger partial charge in [0.2, 0.25) is 0 Å². The van der Waals surface area contributed by atoms with Crippen molar-refractivity contribution in [1.82, 2.24) is 0 Å². The number of hydrogen-bond donors (Lipinski definition) is 3. The van der Waals surface area contributed by atoms with Crippen molar-refractivity contribution in [2.75, 3.05) is 0 Å². The lowest BCUT2D eigenvalue weighted by atomic mass is 9.78. The summed E-state index contributed by atoms with van der Waals surface area (Å²) in [7, 11) is 0. The monoisotopic (exact) mass is 342 g/mol. The van der Waals surface area contributed by atoms with Crippen molar-refractivity contribution in [2.45, 2.75) is 32.8 Å². The summed E-state index contributed by atoms with van der Waals surface area (Å²) in [6.07, 6.45) is 2.98. The summed E-state index contributed by atoms with van der Waals surface area (Å²) in [6.45, 7) is 3.76. The standard InChI is InChI=1S/C15H19BrO4/c1-15(2,8-4-3-5-13(18)19)14(20)11-9-10(16)6-7-12(11)17/h3,5-7,9,14,17,20H,4,8H2,1-2H3,(H,18,19)/b5-3+/t14-/m0/s1. The van der Waals surface area contributed by atoms with E-state index in [1.165, 1.54) is 6.07 Å². The second-order valence-electron chi connectivity index (χ2n) is 5.37. The van der Waals surface area contributed by atoms with E-state index < -0.39 is 17.5 Å². The van der Waals surface area contributed by atoms with Crippen LogP contribution in [0.4, 0.5) is 0 Å². The number of allylic oxidation sites excluding steroid dienone is 1. The van der Waals surface area contributed by atoms with Crippen molar-refractivity contribution >= 4 is 21.9 Å². The third-order valence-corrected chi connectivity index (χ3v) is 3.73. The average Bonchev–Trinajstić information content (AvgIpc) is 2.36. The molecule has 0 bridgehead atoms. The van der Waals surface area contributed by atoms with E-state index in [9.17, 15) is 15.0 Å². The third-order valence-electron chi connectivity index (χ3n) is 3.24. The van der Waals surface area contributed by atoms with E-state index in [1.54, 1.807) is 18.2 Å². The van der Waals surface area contributed by atoms with Crippen molar-refractivity contribution in [1.29, 1.82) is 0 Å². The van der Waals surface area contributed by atoms with Crippen LogP contribution < -0.4 is 0 Å². The highest BCUT2D eigenvalue weighted by molar-refractivity contribution is 9.10. The van der Waals surface area contributed by atoms with Crippen molar-refractivity contribution in [2.24, 2.45) is 5.41 Å². The van der Waals surface area contributed by atoms with Crippen LogP contribution in [0.15, 0.2) is 34.8 Å². The Labute approximate surface area is 126 Å². The third kappa shape index (κ3) is 4.65. The lowest BCUT2D eigenvalue weighted by Crippen LogP contribution is -2.22. The minimum atomic E-state index is -0.979. The predicted octanol–water partition coefficient (Wildman–Crippen LogP) is 3.64. The van der Waals surface area contributed by atoms with Crippen molar-refractivity contribution in [3.05, 3.63) is 40.4 Å². The molecule has 0 spiro atoms. The zero-order valence-corrected chi connectivity index (χ0v) is 13.1. The first kappa shape index (κ1) is 16.7. The Hall–Kier alpha value is -1.33. The van der Waals surface area contributed by atoms with Gasteiger partial charge in [-0.05, 0) is 36.5 Å². The lowest BCUT2D eigenvalue weighted by molar-refractivity contribution is -0.131. The molecular formula is C15H19BrO4. The van der Waals surface area contributed by atoms with E-state index in [0.717, 1.165) is 10.5 Å². The molecule has 5 heteroatoms. The highest BCUT2D eigenvalue weighted by Gasteiger charge is 2.30. The number of halogens is 1. The second-order valence-corrected chi connectivity index (χ2v) is 6.29. The summed E-state index contributed by atoms with van der Waals surface area (Å²) >= 11 is 3.31. The van der Waals surface area contributed by atoms with Gasteiger partial charge in [-0.25, -0.2) is 4.79 Å². The fourth-order valence-electron chi connectivity index (χ4n) is 1.94. The number of phenols is 1. The Balaban J connectivity index is 2.80. The maximum absolute atomic E-state index is 10.4. The van der Waals surface area contributed by atoms with Crippen LogP contribution in [0.3, 0.4) is 0 Å². The fraction of sp³-hybridized carbons (Fsp3) is 0.400. The topological polar surface area (TPSA) is 77.8 Å². The SMILES string of the molecule is CC(C)(CC/C=C/C(=O)O)[C@@H](O)c1cc(Br)ccc1O. The van der Waals surface area contributed by atoms with Gasteiger partial charge in [-0.1, -0.05) is 35.9 Å². The largest absolute Gasteiger partial charge is 0.508 e. The first-order valence-corrected chi connectivity index (χ1v) is 7.09. The Morgan fingerprint density at radius 2 is 2.10 bits per heavy atom. The second kappa shape index (κ2) is 6.90. The molecule has 1 aromatic carbocycles. The van der Waals surface area contributed by atoms with Crippen molar-refractivity contribution < 1.29 is 20.1 Å². The number of carboxylic acids is 1. The maximum atomic E-state index is 10.4. The molecule has 1 aromatic rings. The van der Waals surface area contributed by atoms with Crippen LogP contribution in [-0.4, -0.2) is 21.3 Å². The van der Waals surface area contributed by atoms with Gasteiger partial charge in [-0.2, -0.15) is 0 Å². The van der Waals surface area contributed by atoms with E-state index >= 15 is 0 Å². The zero-order valence-electron chi connectivity index (χ0n) is 11.5. The molecule has 0 aliphatic carbocycles. The molecule has 0 saturated carbocycles. The van der Waals surface area contributed by atoms with Gasteiger partial charge in [-0.15, -0.1) is 0 Å². The molecule has 0 aliphatic heterocycles. The number of aliphatic hydroxyl groups excluding tert-OH is 1. The Morgan fingerprint density at radius 3 is 2.70 bits per heavy atom. The van der Waals surface area contributed by atoms with E-state index in [1.807, 2.05) is 13.8 Å². The van der Waals surface area contributed by atoms with E-state index in [2.05, 4.69) is 15.9 Å². The Bertz CT molecular complexity index is 509. The van der Waals surface area contributed by atoms with Gasteiger partial charge in [-0.3, -0.25) is 0 Å². The molecule has 0 fully saturated rings. The van der Waals surface area contributed by atoms with Gasteiger partial charge in [0.05, 0.1) is 6.10 Å². The number of aliphatic carboxylic acids is 1. The van der Waals surface area contributed by atoms with E-state index in [-0.39, 0.29) is 5.75 Å². The van der Waals surface area contributed by atoms with Crippen LogP contribution >= 0.6 is 15.9 Å². The number of carbonyl (C=O) groups is 1. The van der Waals surface area contributed by atoms with Crippen molar-refractivity contribution in [3.63, 3.8) is 0 Å². The molecule has 0 aromatic heterocycles. The minimum Gasteiger partial charge on any atom is -0.508 e. The summed E-state index contributed by atoms with van der Waals surface area (Å²) < 4.78 is 0.783. The molecule has 0 amide bonds. The molecule has 0 unspecified atom stereocenters. The first-order valence-electron chi connectivity index (χ1n) is 6.30. The number of rotatable bonds is 6. The van der Waals surface area contributed by atoms with Crippen molar-refractivity contribution in [3.8, 4) is 5.75 Å². The molecule has 0 heterocycles. The number of hydrogen-bond acceptors (Lipinski definition) is 3. The Kier molecular flexibility index (Phi) is 5.77. The van der Waals surface area contributed by atoms with Gasteiger partial charge >= 0.3 is 5.97 Å². The summed E-state index contributed by atoms with van der Waals surface area (Å²) in [5, 5.41) is 28.8. The van der Waals surface area contributed by atoms with Gasteiger partial charge < -0.3 is 15.3 Å². The summed E-state index contributed by atoms with van der Waals surface area (Å²) in [4.78, 5) is 10.4. The van der Waals surface area contributed by atoms with Crippen LogP contribution in [0.2, 0.25) is 0 Å². The van der Waals surface area contributed by atoms with Crippen LogP contribution in [0.25, 0.3) is 0 Å². The molecule has 20 heavy (non-hydrogen) atoms. The average molecular weight is 343 g/mol. The van der Waals surface area contributed by atoms with Gasteiger partial charge in [0, 0.05) is 16.1 Å².